The van der Waals surface area contributed by atoms with Gasteiger partial charge in [-0.3, -0.25) is 4.55 Å². The fourth-order valence-electron chi connectivity index (χ4n) is 3.36. The van der Waals surface area contributed by atoms with Crippen LogP contribution in [0.5, 0.6) is 17.2 Å². The molecule has 2 rings (SSSR count). The third-order valence-electron chi connectivity index (χ3n) is 4.95. The Morgan fingerprint density at radius 1 is 0.867 bits per heavy atom. The van der Waals surface area contributed by atoms with Crippen molar-refractivity contribution in [3.05, 3.63) is 48.0 Å². The number of ether oxygens (including phenoxy) is 1. The van der Waals surface area contributed by atoms with Crippen molar-refractivity contribution in [2.45, 2.75) is 76.0 Å². The van der Waals surface area contributed by atoms with E-state index in [1.807, 2.05) is 6.07 Å². The molecule has 5 nitrogen and oxygen atoms in total. The van der Waals surface area contributed by atoms with Gasteiger partial charge in [0.15, 0.2) is 0 Å². The summed E-state index contributed by atoms with van der Waals surface area (Å²) in [4.78, 5) is -0.350. The molecule has 0 saturated heterocycles. The zero-order valence-corrected chi connectivity index (χ0v) is 22.0. The number of hydrogen-bond acceptors (Lipinski definition) is 4. The Morgan fingerprint density at radius 3 is 2.10 bits per heavy atom. The SMILES string of the molecule is CCCCCCCCCCCc1cccc([O-])c1Oc1ccccc1S(=O)(=O)O.[K+]. The van der Waals surface area contributed by atoms with Gasteiger partial charge in [-0.2, -0.15) is 8.42 Å². The predicted octanol–water partition coefficient (Wildman–Crippen LogP) is 2.88. The molecule has 0 radical (unpaired) electrons. The molecule has 0 spiro atoms. The van der Waals surface area contributed by atoms with Gasteiger partial charge in [-0.05, 0) is 30.5 Å². The van der Waals surface area contributed by atoms with Gasteiger partial charge in [0.05, 0.1) is 0 Å². The molecule has 0 aliphatic heterocycles. The topological polar surface area (TPSA) is 86.7 Å². The van der Waals surface area contributed by atoms with Gasteiger partial charge in [-0.1, -0.05) is 94.4 Å². The van der Waals surface area contributed by atoms with Gasteiger partial charge >= 0.3 is 51.4 Å². The number of unbranched alkanes of at least 4 members (excludes halogenated alkanes) is 8. The maximum absolute atomic E-state index is 12.3. The zero-order valence-electron chi connectivity index (χ0n) is 18.1. The van der Waals surface area contributed by atoms with E-state index in [1.165, 1.54) is 69.2 Å². The first kappa shape index (κ1) is 27.6. The van der Waals surface area contributed by atoms with Gasteiger partial charge in [0.2, 0.25) is 0 Å². The molecule has 0 heterocycles. The first-order valence-corrected chi connectivity index (χ1v) is 11.9. The molecule has 0 aliphatic rings. The number of hydrogen-bond donors (Lipinski definition) is 1. The smallest absolute Gasteiger partial charge is 0.870 e. The number of para-hydroxylation sites is 2. The van der Waals surface area contributed by atoms with Crippen LogP contribution in [0.4, 0.5) is 0 Å². The van der Waals surface area contributed by atoms with E-state index < -0.39 is 10.1 Å². The van der Waals surface area contributed by atoms with Gasteiger partial charge in [-0.25, -0.2) is 0 Å². The summed E-state index contributed by atoms with van der Waals surface area (Å²) >= 11 is 0. The Morgan fingerprint density at radius 2 is 1.47 bits per heavy atom. The van der Waals surface area contributed by atoms with Crippen LogP contribution in [0.2, 0.25) is 0 Å². The normalized spacial score (nSPS) is 11.1. The van der Waals surface area contributed by atoms with Crippen molar-refractivity contribution < 1.29 is 74.2 Å². The van der Waals surface area contributed by atoms with E-state index in [-0.39, 0.29) is 73.5 Å². The van der Waals surface area contributed by atoms with E-state index in [9.17, 15) is 18.1 Å². The Balaban J connectivity index is 0.00000450. The molecular weight excluding hydrogens is 427 g/mol. The molecule has 7 heteroatoms. The Hall–Kier alpha value is -0.414. The van der Waals surface area contributed by atoms with Gasteiger partial charge < -0.3 is 9.84 Å². The van der Waals surface area contributed by atoms with Crippen molar-refractivity contribution in [3.8, 4) is 17.2 Å². The monoisotopic (exact) mass is 458 g/mol. The van der Waals surface area contributed by atoms with Crippen LogP contribution in [0.15, 0.2) is 47.4 Å². The largest absolute Gasteiger partial charge is 1.00 e. The van der Waals surface area contributed by atoms with E-state index in [1.54, 1.807) is 12.1 Å². The van der Waals surface area contributed by atoms with Crippen molar-refractivity contribution >= 4 is 10.1 Å². The third kappa shape index (κ3) is 9.38. The van der Waals surface area contributed by atoms with Crippen molar-refractivity contribution in [1.82, 2.24) is 0 Å². The predicted molar refractivity (Wildman–Crippen MR) is 113 cm³/mol. The Kier molecular flexibility index (Phi) is 13.5. The fourth-order valence-corrected chi connectivity index (χ4v) is 3.97. The molecule has 0 atom stereocenters. The van der Waals surface area contributed by atoms with Gasteiger partial charge in [0, 0.05) is 0 Å². The van der Waals surface area contributed by atoms with Gasteiger partial charge in [-0.15, -0.1) is 0 Å². The Bertz CT molecular complexity index is 868. The van der Waals surface area contributed by atoms with E-state index in [0.717, 1.165) is 18.4 Å². The molecule has 1 N–H and O–H groups in total. The average Bonchev–Trinajstić information content (AvgIpc) is 2.68. The molecule has 2 aromatic rings. The van der Waals surface area contributed by atoms with E-state index in [4.69, 9.17) is 4.74 Å². The summed E-state index contributed by atoms with van der Waals surface area (Å²) < 4.78 is 38.2. The molecule has 160 valence electrons. The second-order valence-electron chi connectivity index (χ2n) is 7.35. The molecule has 0 amide bonds. The summed E-state index contributed by atoms with van der Waals surface area (Å²) in [6, 6.07) is 10.7. The Labute approximate surface area is 223 Å². The maximum Gasteiger partial charge on any atom is 1.00 e. The minimum Gasteiger partial charge on any atom is -0.870 e. The molecule has 0 saturated carbocycles. The molecular formula is C23H31KO5S. The van der Waals surface area contributed by atoms with Crippen molar-refractivity contribution in [3.63, 3.8) is 0 Å². The first-order valence-electron chi connectivity index (χ1n) is 10.5. The van der Waals surface area contributed by atoms with Crippen LogP contribution in [0.25, 0.3) is 0 Å². The molecule has 0 unspecified atom stereocenters. The molecule has 0 aliphatic carbocycles. The summed E-state index contributed by atoms with van der Waals surface area (Å²) in [7, 11) is -4.44. The van der Waals surface area contributed by atoms with Crippen LogP contribution in [0, 0.1) is 0 Å². The first-order chi connectivity index (χ1) is 13.9. The second-order valence-corrected chi connectivity index (χ2v) is 8.74. The standard InChI is InChI=1S/C23H32O5S.K/c1-2-3-4-5-6-7-8-9-10-14-19-15-13-16-20(24)23(19)28-21-17-11-12-18-22(21)29(25,26)27;/h11-13,15-18,24H,2-10,14H2,1H3,(H,25,26,27);/q;+1/p-1. The average molecular weight is 459 g/mol. The van der Waals surface area contributed by atoms with E-state index in [0.29, 0.717) is 6.42 Å². The molecule has 30 heavy (non-hydrogen) atoms. The fraction of sp³-hybridized carbons (Fsp3) is 0.478. The van der Waals surface area contributed by atoms with Crippen molar-refractivity contribution in [1.29, 1.82) is 0 Å². The number of benzene rings is 2. The summed E-state index contributed by atoms with van der Waals surface area (Å²) in [5.74, 6) is -0.224. The molecule has 0 bridgehead atoms. The zero-order chi connectivity index (χ0) is 21.1. The third-order valence-corrected chi connectivity index (χ3v) is 5.84. The van der Waals surface area contributed by atoms with Crippen LogP contribution in [0.3, 0.4) is 0 Å². The van der Waals surface area contributed by atoms with Crippen LogP contribution >= 0.6 is 0 Å². The summed E-state index contributed by atoms with van der Waals surface area (Å²) in [6.07, 6.45) is 11.6. The summed E-state index contributed by atoms with van der Waals surface area (Å²) in [5.41, 5.74) is 0.755. The maximum atomic E-state index is 12.3. The molecule has 0 aromatic heterocycles. The van der Waals surface area contributed by atoms with Gasteiger partial charge in [0.25, 0.3) is 10.1 Å². The van der Waals surface area contributed by atoms with Crippen molar-refractivity contribution in [2.24, 2.45) is 0 Å². The second kappa shape index (κ2) is 14.6. The quantitative estimate of drug-likeness (QED) is 0.283. The minimum atomic E-state index is -4.44. The number of rotatable bonds is 13. The van der Waals surface area contributed by atoms with Gasteiger partial charge in [0.1, 0.15) is 16.4 Å². The van der Waals surface area contributed by atoms with E-state index >= 15 is 0 Å². The van der Waals surface area contributed by atoms with Crippen molar-refractivity contribution in [2.75, 3.05) is 0 Å². The number of aryl methyl sites for hydroxylation is 1. The molecule has 0 fully saturated rings. The minimum absolute atomic E-state index is 0. The van der Waals surface area contributed by atoms with E-state index in [2.05, 4.69) is 6.92 Å². The van der Waals surface area contributed by atoms with Crippen LogP contribution in [0.1, 0.15) is 70.3 Å². The molecule has 2 aromatic carbocycles. The van der Waals surface area contributed by atoms with Crippen LogP contribution < -0.4 is 61.2 Å². The summed E-state index contributed by atoms with van der Waals surface area (Å²) in [5, 5.41) is 12.3. The van der Waals surface area contributed by atoms with Crippen LogP contribution in [-0.2, 0) is 16.5 Å². The summed E-state index contributed by atoms with van der Waals surface area (Å²) in [6.45, 7) is 2.22. The van der Waals surface area contributed by atoms with Crippen LogP contribution in [-0.4, -0.2) is 13.0 Å².